The van der Waals surface area contributed by atoms with Crippen LogP contribution < -0.4 is 10.2 Å². The topological polar surface area (TPSA) is 74.7 Å². The Bertz CT molecular complexity index is 976. The number of benzene rings is 1. The standard InChI is InChI=1S/C19H18ClFN4O3/c1-23-7-2-3-15(23)17(26)22-11-6-8-24-16(9-11)18(27)25(19(24)28)12-4-5-14(21)13(20)10-12/h2-5,7,10-11,16H,6,8-9H2,1H3,(H,22,26)/t11-,16-/m0/s1. The molecule has 0 spiro atoms. The number of nitrogens with one attached hydrogen (secondary N) is 1. The molecule has 2 aromatic rings. The van der Waals surface area contributed by atoms with Gasteiger partial charge in [-0.3, -0.25) is 9.59 Å². The Hall–Kier alpha value is -2.87. The number of aromatic nitrogens is 1. The summed E-state index contributed by atoms with van der Waals surface area (Å²) in [5, 5.41) is 2.79. The maximum absolute atomic E-state index is 13.4. The van der Waals surface area contributed by atoms with E-state index in [0.29, 0.717) is 25.1 Å². The number of hydrogen-bond donors (Lipinski definition) is 1. The van der Waals surface area contributed by atoms with Crippen molar-refractivity contribution in [1.82, 2.24) is 14.8 Å². The molecule has 9 heteroatoms. The minimum absolute atomic E-state index is 0.157. The van der Waals surface area contributed by atoms with Crippen LogP contribution in [0.1, 0.15) is 23.3 Å². The number of anilines is 1. The number of rotatable bonds is 3. The van der Waals surface area contributed by atoms with Crippen molar-refractivity contribution in [3.05, 3.63) is 53.1 Å². The smallest absolute Gasteiger partial charge is 0.332 e. The molecule has 2 saturated heterocycles. The Labute approximate surface area is 165 Å². The maximum Gasteiger partial charge on any atom is 0.332 e. The van der Waals surface area contributed by atoms with Gasteiger partial charge in [-0.1, -0.05) is 11.6 Å². The minimum atomic E-state index is -0.663. The van der Waals surface area contributed by atoms with Crippen molar-refractivity contribution in [3.63, 3.8) is 0 Å². The summed E-state index contributed by atoms with van der Waals surface area (Å²) < 4.78 is 15.1. The lowest BCUT2D eigenvalue weighted by Gasteiger charge is -2.32. The van der Waals surface area contributed by atoms with E-state index in [1.165, 1.54) is 17.0 Å². The lowest BCUT2D eigenvalue weighted by Crippen LogP contribution is -2.50. The van der Waals surface area contributed by atoms with Crippen molar-refractivity contribution >= 4 is 35.1 Å². The van der Waals surface area contributed by atoms with E-state index in [0.717, 1.165) is 11.0 Å². The van der Waals surface area contributed by atoms with E-state index in [2.05, 4.69) is 5.32 Å². The lowest BCUT2D eigenvalue weighted by molar-refractivity contribution is -0.120. The number of carbonyl (C=O) groups is 3. The number of carbonyl (C=O) groups excluding carboxylic acids is 3. The summed E-state index contributed by atoms with van der Waals surface area (Å²) >= 11 is 5.80. The first kappa shape index (κ1) is 18.5. The summed E-state index contributed by atoms with van der Waals surface area (Å²) in [5.74, 6) is -1.24. The van der Waals surface area contributed by atoms with Crippen molar-refractivity contribution in [2.45, 2.75) is 24.9 Å². The average Bonchev–Trinajstić information content (AvgIpc) is 3.19. The molecule has 2 fully saturated rings. The number of nitrogens with zero attached hydrogens (tertiary/aromatic N) is 3. The SMILES string of the molecule is Cn1cccc1C(=O)N[C@H]1CCN2C(=O)N(c3ccc(F)c(Cl)c3)C(=O)[C@@H]2C1. The van der Waals surface area contributed by atoms with Gasteiger partial charge in [0, 0.05) is 25.8 Å². The van der Waals surface area contributed by atoms with E-state index in [-0.39, 0.29) is 22.7 Å². The van der Waals surface area contributed by atoms with E-state index in [4.69, 9.17) is 11.6 Å². The molecule has 2 aliphatic rings. The van der Waals surface area contributed by atoms with Crippen LogP contribution in [-0.2, 0) is 11.8 Å². The number of aryl methyl sites for hydroxylation is 1. The number of imide groups is 1. The molecule has 2 aliphatic heterocycles. The van der Waals surface area contributed by atoms with Crippen molar-refractivity contribution in [3.8, 4) is 0 Å². The normalized spacial score (nSPS) is 21.8. The van der Waals surface area contributed by atoms with Gasteiger partial charge in [0.1, 0.15) is 17.6 Å². The van der Waals surface area contributed by atoms with Gasteiger partial charge in [-0.05, 0) is 43.2 Å². The molecule has 4 amide bonds. The Morgan fingerprint density at radius 3 is 2.75 bits per heavy atom. The summed E-state index contributed by atoms with van der Waals surface area (Å²) in [4.78, 5) is 40.5. The highest BCUT2D eigenvalue weighted by atomic mass is 35.5. The van der Waals surface area contributed by atoms with Gasteiger partial charge >= 0.3 is 6.03 Å². The molecular weight excluding hydrogens is 387 g/mol. The number of fused-ring (bicyclic) bond motifs is 1. The van der Waals surface area contributed by atoms with Gasteiger partial charge in [0.25, 0.3) is 11.8 Å². The second-order valence-electron chi connectivity index (χ2n) is 6.96. The molecular formula is C19H18ClFN4O3. The molecule has 7 nitrogen and oxygen atoms in total. The fraction of sp³-hybridized carbons (Fsp3) is 0.316. The van der Waals surface area contributed by atoms with Crippen molar-refractivity contribution < 1.29 is 18.8 Å². The monoisotopic (exact) mass is 404 g/mol. The number of amides is 4. The third-order valence-electron chi connectivity index (χ3n) is 5.22. The van der Waals surface area contributed by atoms with Crippen molar-refractivity contribution in [1.29, 1.82) is 0 Å². The third kappa shape index (κ3) is 3.03. The molecule has 1 aromatic carbocycles. The van der Waals surface area contributed by atoms with Gasteiger partial charge in [0.15, 0.2) is 0 Å². The van der Waals surface area contributed by atoms with Crippen LogP contribution in [0.5, 0.6) is 0 Å². The van der Waals surface area contributed by atoms with E-state index in [9.17, 15) is 18.8 Å². The first-order valence-corrected chi connectivity index (χ1v) is 9.26. The van der Waals surface area contributed by atoms with Gasteiger partial charge in [-0.15, -0.1) is 0 Å². The summed E-state index contributed by atoms with van der Waals surface area (Å²) in [7, 11) is 1.78. The Balaban J connectivity index is 1.50. The van der Waals surface area contributed by atoms with Crippen LogP contribution in [0.25, 0.3) is 0 Å². The summed E-state index contributed by atoms with van der Waals surface area (Å²) in [5.41, 5.74) is 0.763. The lowest BCUT2D eigenvalue weighted by atomic mass is 9.98. The van der Waals surface area contributed by atoms with Crippen LogP contribution in [0, 0.1) is 5.82 Å². The maximum atomic E-state index is 13.4. The predicted octanol–water partition coefficient (Wildman–Crippen LogP) is 2.55. The number of halogens is 2. The molecule has 0 saturated carbocycles. The molecule has 0 radical (unpaired) electrons. The van der Waals surface area contributed by atoms with Crippen LogP contribution in [0.15, 0.2) is 36.5 Å². The fourth-order valence-corrected chi connectivity index (χ4v) is 3.92. The first-order chi connectivity index (χ1) is 13.4. The molecule has 1 aromatic heterocycles. The zero-order chi connectivity index (χ0) is 20.0. The van der Waals surface area contributed by atoms with Gasteiger partial charge in [-0.25, -0.2) is 14.1 Å². The highest BCUT2D eigenvalue weighted by Gasteiger charge is 2.48. The van der Waals surface area contributed by atoms with E-state index in [1.54, 1.807) is 29.9 Å². The quantitative estimate of drug-likeness (QED) is 0.799. The second-order valence-corrected chi connectivity index (χ2v) is 7.37. The molecule has 146 valence electrons. The van der Waals surface area contributed by atoms with Crippen LogP contribution in [0.3, 0.4) is 0 Å². The Morgan fingerprint density at radius 1 is 1.29 bits per heavy atom. The van der Waals surface area contributed by atoms with Gasteiger partial charge < -0.3 is 14.8 Å². The molecule has 2 atom stereocenters. The highest BCUT2D eigenvalue weighted by molar-refractivity contribution is 6.31. The molecule has 1 N–H and O–H groups in total. The summed E-state index contributed by atoms with van der Waals surface area (Å²) in [6.07, 6.45) is 2.65. The average molecular weight is 405 g/mol. The first-order valence-electron chi connectivity index (χ1n) is 8.88. The summed E-state index contributed by atoms with van der Waals surface area (Å²) in [6, 6.07) is 5.89. The van der Waals surface area contributed by atoms with Crippen LogP contribution >= 0.6 is 11.6 Å². The largest absolute Gasteiger partial charge is 0.348 e. The molecule has 3 heterocycles. The Morgan fingerprint density at radius 2 is 2.07 bits per heavy atom. The molecule has 0 bridgehead atoms. The summed E-state index contributed by atoms with van der Waals surface area (Å²) in [6.45, 7) is 0.346. The van der Waals surface area contributed by atoms with Crippen molar-refractivity contribution in [2.75, 3.05) is 11.4 Å². The van der Waals surface area contributed by atoms with Crippen LogP contribution in [0.4, 0.5) is 14.9 Å². The third-order valence-corrected chi connectivity index (χ3v) is 5.51. The van der Waals surface area contributed by atoms with E-state index in [1.807, 2.05) is 0 Å². The predicted molar refractivity (Wildman–Crippen MR) is 101 cm³/mol. The van der Waals surface area contributed by atoms with Crippen LogP contribution in [0.2, 0.25) is 5.02 Å². The fourth-order valence-electron chi connectivity index (χ4n) is 3.75. The second kappa shape index (κ2) is 6.94. The van der Waals surface area contributed by atoms with Gasteiger partial charge in [0.2, 0.25) is 0 Å². The molecule has 0 aliphatic carbocycles. The zero-order valence-electron chi connectivity index (χ0n) is 15.1. The molecule has 0 unspecified atom stereocenters. The minimum Gasteiger partial charge on any atom is -0.348 e. The number of hydrogen-bond acceptors (Lipinski definition) is 3. The zero-order valence-corrected chi connectivity index (χ0v) is 15.8. The highest BCUT2D eigenvalue weighted by Crippen LogP contribution is 2.32. The van der Waals surface area contributed by atoms with Crippen LogP contribution in [-0.4, -0.2) is 45.9 Å². The number of piperidine rings is 1. The number of urea groups is 1. The Kier molecular flexibility index (Phi) is 4.58. The van der Waals surface area contributed by atoms with E-state index >= 15 is 0 Å². The molecule has 28 heavy (non-hydrogen) atoms. The van der Waals surface area contributed by atoms with Gasteiger partial charge in [-0.2, -0.15) is 0 Å². The van der Waals surface area contributed by atoms with Gasteiger partial charge in [0.05, 0.1) is 10.7 Å². The molecule has 4 rings (SSSR count). The van der Waals surface area contributed by atoms with E-state index < -0.39 is 23.8 Å². The van der Waals surface area contributed by atoms with Crippen molar-refractivity contribution in [2.24, 2.45) is 7.05 Å².